The zero-order valence-electron chi connectivity index (χ0n) is 18.0. The quantitative estimate of drug-likeness (QED) is 0.587. The largest absolute Gasteiger partial charge is 0.493 e. The van der Waals surface area contributed by atoms with Crippen LogP contribution in [0.25, 0.3) is 17.1 Å². The molecule has 160 valence electrons. The number of carbonyl (C=O) groups is 1. The number of aromatic nitrogens is 2. The van der Waals surface area contributed by atoms with Crippen molar-refractivity contribution in [2.45, 2.75) is 0 Å². The second kappa shape index (κ2) is 8.51. The van der Waals surface area contributed by atoms with Gasteiger partial charge in [-0.15, -0.1) is 0 Å². The summed E-state index contributed by atoms with van der Waals surface area (Å²) in [6.07, 6.45) is 3.24. The average molecular weight is 420 g/mol. The average Bonchev–Trinajstić information content (AvgIpc) is 2.81. The van der Waals surface area contributed by atoms with Gasteiger partial charge in [0.05, 0.1) is 32.4 Å². The number of anilines is 2. The number of benzene rings is 2. The van der Waals surface area contributed by atoms with Gasteiger partial charge in [0.2, 0.25) is 5.75 Å². The Hall–Kier alpha value is -3.81. The summed E-state index contributed by atoms with van der Waals surface area (Å²) in [5, 5.41) is 0. The van der Waals surface area contributed by atoms with Crippen molar-refractivity contribution in [1.29, 1.82) is 0 Å². The normalized spacial score (nSPS) is 13.4. The molecule has 0 bridgehead atoms. The first-order chi connectivity index (χ1) is 15.0. The first-order valence-electron chi connectivity index (χ1n) is 9.83. The Bertz CT molecular complexity index is 1140. The molecular formula is C23H24N4O4. The van der Waals surface area contributed by atoms with Gasteiger partial charge < -0.3 is 19.1 Å². The molecule has 0 radical (unpaired) electrons. The van der Waals surface area contributed by atoms with E-state index < -0.39 is 0 Å². The Morgan fingerprint density at radius 2 is 1.55 bits per heavy atom. The van der Waals surface area contributed by atoms with Crippen molar-refractivity contribution in [2.75, 3.05) is 51.3 Å². The summed E-state index contributed by atoms with van der Waals surface area (Å²) in [6, 6.07) is 11.2. The maximum absolute atomic E-state index is 13.1. The molecule has 0 spiro atoms. The highest BCUT2D eigenvalue weighted by molar-refractivity contribution is 6.06. The van der Waals surface area contributed by atoms with Gasteiger partial charge in [-0.05, 0) is 35.9 Å². The van der Waals surface area contributed by atoms with E-state index >= 15 is 0 Å². The molecule has 8 nitrogen and oxygen atoms in total. The zero-order valence-corrected chi connectivity index (χ0v) is 18.0. The van der Waals surface area contributed by atoms with Crippen molar-refractivity contribution in [3.63, 3.8) is 0 Å². The fraction of sp³-hybridized carbons (Fsp3) is 0.261. The fourth-order valence-corrected chi connectivity index (χ4v) is 3.55. The van der Waals surface area contributed by atoms with Crippen LogP contribution in [0.4, 0.5) is 11.6 Å². The number of likely N-dealkylation sites (N-methyl/N-ethyl adjacent to an activating group) is 1. The summed E-state index contributed by atoms with van der Waals surface area (Å²) < 4.78 is 16.1. The third-order valence-corrected chi connectivity index (χ3v) is 5.18. The first kappa shape index (κ1) is 20.5. The first-order valence-corrected chi connectivity index (χ1v) is 9.83. The number of carbonyl (C=O) groups excluding carboxylic acids is 1. The van der Waals surface area contributed by atoms with E-state index in [1.54, 1.807) is 44.4 Å². The number of rotatable bonds is 5. The molecule has 2 aromatic carbocycles. The molecule has 2 heterocycles. The Kier molecular flexibility index (Phi) is 5.62. The molecule has 31 heavy (non-hydrogen) atoms. The molecule has 1 amide bonds. The van der Waals surface area contributed by atoms with Gasteiger partial charge in [0, 0.05) is 26.2 Å². The van der Waals surface area contributed by atoms with Crippen LogP contribution >= 0.6 is 0 Å². The van der Waals surface area contributed by atoms with Crippen molar-refractivity contribution in [3.8, 4) is 17.2 Å². The summed E-state index contributed by atoms with van der Waals surface area (Å²) in [5.41, 5.74) is 2.31. The van der Waals surface area contributed by atoms with Crippen LogP contribution in [0.2, 0.25) is 0 Å². The lowest BCUT2D eigenvalue weighted by molar-refractivity contribution is -0.114. The van der Waals surface area contributed by atoms with E-state index in [4.69, 9.17) is 24.2 Å². The van der Waals surface area contributed by atoms with Crippen LogP contribution in [0.1, 0.15) is 5.56 Å². The molecule has 1 aromatic heterocycles. The molecule has 4 rings (SSSR count). The van der Waals surface area contributed by atoms with Gasteiger partial charge in [0.1, 0.15) is 0 Å². The van der Waals surface area contributed by atoms with E-state index in [2.05, 4.69) is 0 Å². The molecule has 8 heteroatoms. The van der Waals surface area contributed by atoms with Crippen LogP contribution in [-0.2, 0) is 4.79 Å². The molecule has 1 aliphatic heterocycles. The Labute approximate surface area is 180 Å². The number of para-hydroxylation sites is 2. The van der Waals surface area contributed by atoms with E-state index in [0.29, 0.717) is 42.0 Å². The van der Waals surface area contributed by atoms with Gasteiger partial charge in [0.15, 0.2) is 23.1 Å². The summed E-state index contributed by atoms with van der Waals surface area (Å²) >= 11 is 0. The van der Waals surface area contributed by atoms with Crippen LogP contribution < -0.4 is 24.0 Å². The Balaban J connectivity index is 1.66. The predicted octanol–water partition coefficient (Wildman–Crippen LogP) is 3.15. The number of hydrogen-bond acceptors (Lipinski definition) is 7. The second-order valence-electron chi connectivity index (χ2n) is 7.06. The third-order valence-electron chi connectivity index (χ3n) is 5.18. The molecule has 0 aliphatic carbocycles. The van der Waals surface area contributed by atoms with Crippen LogP contribution in [0.3, 0.4) is 0 Å². The van der Waals surface area contributed by atoms with Gasteiger partial charge in [-0.1, -0.05) is 12.1 Å². The molecule has 0 fully saturated rings. The minimum absolute atomic E-state index is 0.173. The summed E-state index contributed by atoms with van der Waals surface area (Å²) in [5.74, 6) is 2.63. The van der Waals surface area contributed by atoms with Crippen LogP contribution in [0, 0.1) is 0 Å². The maximum atomic E-state index is 13.1. The summed E-state index contributed by atoms with van der Waals surface area (Å²) in [4.78, 5) is 26.2. The molecular weight excluding hydrogens is 396 g/mol. The van der Waals surface area contributed by atoms with E-state index in [1.165, 1.54) is 6.08 Å². The molecule has 0 unspecified atom stereocenters. The van der Waals surface area contributed by atoms with Crippen molar-refractivity contribution in [1.82, 2.24) is 9.97 Å². The fourth-order valence-electron chi connectivity index (χ4n) is 3.55. The van der Waals surface area contributed by atoms with Crippen molar-refractivity contribution >= 4 is 34.7 Å². The Morgan fingerprint density at radius 1 is 0.935 bits per heavy atom. The smallest absolute Gasteiger partial charge is 0.252 e. The van der Waals surface area contributed by atoms with Gasteiger partial charge in [0.25, 0.3) is 5.91 Å². The van der Waals surface area contributed by atoms with Gasteiger partial charge in [-0.2, -0.15) is 0 Å². The number of nitrogens with zero attached hydrogens (tertiary/aromatic N) is 4. The number of amides is 1. The number of fused-ring (bicyclic) bond motifs is 2. The zero-order chi connectivity index (χ0) is 22.0. The molecule has 1 aliphatic rings. The van der Waals surface area contributed by atoms with Crippen molar-refractivity contribution in [3.05, 3.63) is 48.0 Å². The Morgan fingerprint density at radius 3 is 2.13 bits per heavy atom. The SMILES string of the molecule is COc1cc(C=CC(=O)N2CCN(C)c3nc4ccccc4nc32)cc(OC)c1OC. The molecule has 0 N–H and O–H groups in total. The lowest BCUT2D eigenvalue weighted by atomic mass is 10.1. The van der Waals surface area contributed by atoms with Crippen LogP contribution in [0.5, 0.6) is 17.2 Å². The number of methoxy groups -OCH3 is 3. The highest BCUT2D eigenvalue weighted by Gasteiger charge is 2.27. The third kappa shape index (κ3) is 3.84. The maximum Gasteiger partial charge on any atom is 0.252 e. The lowest BCUT2D eigenvalue weighted by Gasteiger charge is -2.33. The van der Waals surface area contributed by atoms with Crippen LogP contribution in [0.15, 0.2) is 42.5 Å². The number of hydrogen-bond donors (Lipinski definition) is 0. The molecule has 0 atom stereocenters. The standard InChI is InChI=1S/C23H24N4O4/c1-26-11-12-27(23-22(26)24-16-7-5-6-8-17(16)25-23)20(28)10-9-15-13-18(29-2)21(31-4)19(14-15)30-3/h5-10,13-14H,11-12H2,1-4H3. The monoisotopic (exact) mass is 420 g/mol. The topological polar surface area (TPSA) is 77.0 Å². The second-order valence-corrected chi connectivity index (χ2v) is 7.06. The lowest BCUT2D eigenvalue weighted by Crippen LogP contribution is -2.43. The van der Waals surface area contributed by atoms with Crippen LogP contribution in [-0.4, -0.2) is 57.3 Å². The van der Waals surface area contributed by atoms with Gasteiger partial charge >= 0.3 is 0 Å². The summed E-state index contributed by atoms with van der Waals surface area (Å²) in [7, 11) is 6.62. The minimum atomic E-state index is -0.173. The predicted molar refractivity (Wildman–Crippen MR) is 120 cm³/mol. The van der Waals surface area contributed by atoms with E-state index in [9.17, 15) is 4.79 Å². The molecule has 0 saturated heterocycles. The highest BCUT2D eigenvalue weighted by Crippen LogP contribution is 2.38. The van der Waals surface area contributed by atoms with Gasteiger partial charge in [-0.3, -0.25) is 9.69 Å². The minimum Gasteiger partial charge on any atom is -0.493 e. The van der Waals surface area contributed by atoms with E-state index in [-0.39, 0.29) is 5.91 Å². The van der Waals surface area contributed by atoms with E-state index in [0.717, 1.165) is 16.6 Å². The van der Waals surface area contributed by atoms with Crippen molar-refractivity contribution < 1.29 is 19.0 Å². The number of ether oxygens (including phenoxy) is 3. The highest BCUT2D eigenvalue weighted by atomic mass is 16.5. The summed E-state index contributed by atoms with van der Waals surface area (Å²) in [6.45, 7) is 1.19. The molecule has 3 aromatic rings. The van der Waals surface area contributed by atoms with E-state index in [1.807, 2.05) is 36.2 Å². The molecule has 0 saturated carbocycles. The van der Waals surface area contributed by atoms with Crippen molar-refractivity contribution in [2.24, 2.45) is 0 Å². The van der Waals surface area contributed by atoms with Gasteiger partial charge in [-0.25, -0.2) is 9.97 Å².